The number of carbonyl (C=O) groups is 1. The van der Waals surface area contributed by atoms with Crippen LogP contribution in [0.3, 0.4) is 0 Å². The number of halogens is 1. The van der Waals surface area contributed by atoms with Gasteiger partial charge in [-0.15, -0.1) is 21.7 Å². The fourth-order valence-electron chi connectivity index (χ4n) is 0.878. The number of rotatable bonds is 3. The Morgan fingerprint density at radius 2 is 2.00 bits per heavy atom. The van der Waals surface area contributed by atoms with Gasteiger partial charge in [0.2, 0.25) is 0 Å². The van der Waals surface area contributed by atoms with Crippen molar-refractivity contribution in [3.8, 4) is 0 Å². The van der Waals surface area contributed by atoms with Crippen LogP contribution in [0.25, 0.3) is 0 Å². The lowest BCUT2D eigenvalue weighted by Gasteiger charge is -2.05. The summed E-state index contributed by atoms with van der Waals surface area (Å²) in [5.41, 5.74) is 0.459. The van der Waals surface area contributed by atoms with E-state index >= 15 is 0 Å². The van der Waals surface area contributed by atoms with Gasteiger partial charge < -0.3 is 0 Å². The summed E-state index contributed by atoms with van der Waals surface area (Å²) in [7, 11) is 0. The zero-order valence-electron chi connectivity index (χ0n) is 6.92. The molecule has 0 fully saturated rings. The first-order chi connectivity index (χ1) is 6.61. The first-order valence-electron chi connectivity index (χ1n) is 3.66. The summed E-state index contributed by atoms with van der Waals surface area (Å²) in [4.78, 5) is 24.5. The van der Waals surface area contributed by atoms with Crippen LogP contribution in [0.15, 0.2) is 30.3 Å². The molecule has 0 aromatic heterocycles. The SMILES string of the molecule is O=C(O[N+](=O)[O-])C(Cl)c1ccccc1. The van der Waals surface area contributed by atoms with Crippen molar-refractivity contribution in [1.29, 1.82) is 0 Å². The highest BCUT2D eigenvalue weighted by molar-refractivity contribution is 6.29. The monoisotopic (exact) mass is 215 g/mol. The molecule has 1 aromatic carbocycles. The van der Waals surface area contributed by atoms with Crippen LogP contribution in [0.5, 0.6) is 0 Å². The van der Waals surface area contributed by atoms with E-state index < -0.39 is 16.4 Å². The molecule has 1 unspecified atom stereocenters. The molecule has 74 valence electrons. The smallest absolute Gasteiger partial charge is 0.266 e. The highest BCUT2D eigenvalue weighted by atomic mass is 35.5. The van der Waals surface area contributed by atoms with Gasteiger partial charge in [0.05, 0.1) is 0 Å². The van der Waals surface area contributed by atoms with Gasteiger partial charge in [0.1, 0.15) is 5.38 Å². The Kier molecular flexibility index (Phi) is 3.41. The summed E-state index contributed by atoms with van der Waals surface area (Å²) in [5, 5.41) is 7.52. The molecule has 0 N–H and O–H groups in total. The van der Waals surface area contributed by atoms with Gasteiger partial charge in [-0.05, 0) is 5.56 Å². The van der Waals surface area contributed by atoms with Crippen molar-refractivity contribution in [2.45, 2.75) is 5.38 Å². The molecule has 5 nitrogen and oxygen atoms in total. The standard InChI is InChI=1S/C8H6ClNO4/c9-7(8(11)14-10(12)13)6-4-2-1-3-5-6/h1-5,7H. The Morgan fingerprint density at radius 3 is 2.50 bits per heavy atom. The molecule has 0 radical (unpaired) electrons. The molecular weight excluding hydrogens is 210 g/mol. The number of hydrogen-bond acceptors (Lipinski definition) is 4. The van der Waals surface area contributed by atoms with E-state index in [1.807, 2.05) is 0 Å². The largest absolute Gasteiger partial charge is 0.326 e. The van der Waals surface area contributed by atoms with E-state index in [4.69, 9.17) is 11.6 Å². The van der Waals surface area contributed by atoms with E-state index in [9.17, 15) is 14.9 Å². The normalized spacial score (nSPS) is 11.8. The van der Waals surface area contributed by atoms with E-state index in [-0.39, 0.29) is 0 Å². The molecule has 1 atom stereocenters. The van der Waals surface area contributed by atoms with Gasteiger partial charge in [-0.1, -0.05) is 30.3 Å². The molecule has 0 saturated carbocycles. The Labute approximate surface area is 84.3 Å². The zero-order chi connectivity index (χ0) is 10.6. The highest BCUT2D eigenvalue weighted by Crippen LogP contribution is 2.21. The van der Waals surface area contributed by atoms with Gasteiger partial charge >= 0.3 is 11.1 Å². The molecule has 6 heteroatoms. The van der Waals surface area contributed by atoms with Gasteiger partial charge in [-0.2, -0.15) is 0 Å². The molecule has 14 heavy (non-hydrogen) atoms. The van der Waals surface area contributed by atoms with E-state index in [2.05, 4.69) is 4.84 Å². The van der Waals surface area contributed by atoms with Crippen LogP contribution in [-0.2, 0) is 9.63 Å². The van der Waals surface area contributed by atoms with Crippen molar-refractivity contribution in [1.82, 2.24) is 0 Å². The average Bonchev–Trinajstić information content (AvgIpc) is 2.17. The summed E-state index contributed by atoms with van der Waals surface area (Å²) in [6.07, 6.45) is 0. The van der Waals surface area contributed by atoms with E-state index in [0.717, 1.165) is 0 Å². The predicted octanol–water partition coefficient (Wildman–Crippen LogP) is 1.70. The molecule has 0 spiro atoms. The molecule has 1 rings (SSSR count). The summed E-state index contributed by atoms with van der Waals surface area (Å²) in [5.74, 6) is -1.09. The molecule has 0 saturated heterocycles. The summed E-state index contributed by atoms with van der Waals surface area (Å²) in [6.45, 7) is 0. The van der Waals surface area contributed by atoms with Crippen LogP contribution in [-0.4, -0.2) is 11.1 Å². The van der Waals surface area contributed by atoms with Gasteiger partial charge in [-0.25, -0.2) is 4.84 Å². The number of alkyl halides is 1. The molecule has 1 aromatic rings. The van der Waals surface area contributed by atoms with Crippen LogP contribution < -0.4 is 0 Å². The lowest BCUT2D eigenvalue weighted by molar-refractivity contribution is -0.729. The van der Waals surface area contributed by atoms with Crippen molar-refractivity contribution in [2.24, 2.45) is 0 Å². The van der Waals surface area contributed by atoms with Crippen LogP contribution in [0.4, 0.5) is 0 Å². The van der Waals surface area contributed by atoms with E-state index in [0.29, 0.717) is 5.56 Å². The van der Waals surface area contributed by atoms with Crippen molar-refractivity contribution in [3.05, 3.63) is 46.0 Å². The van der Waals surface area contributed by atoms with E-state index in [1.54, 1.807) is 30.3 Å². The van der Waals surface area contributed by atoms with Gasteiger partial charge in [-0.3, -0.25) is 4.79 Å². The lowest BCUT2D eigenvalue weighted by Crippen LogP contribution is -2.15. The Bertz CT molecular complexity index is 340. The van der Waals surface area contributed by atoms with Gasteiger partial charge in [0.15, 0.2) is 0 Å². The first-order valence-corrected chi connectivity index (χ1v) is 4.10. The second-order valence-electron chi connectivity index (χ2n) is 2.41. The predicted molar refractivity (Wildman–Crippen MR) is 48.1 cm³/mol. The number of carbonyl (C=O) groups excluding carboxylic acids is 1. The number of nitrogens with zero attached hydrogens (tertiary/aromatic N) is 1. The third-order valence-electron chi connectivity index (χ3n) is 1.46. The molecule has 0 bridgehead atoms. The maximum absolute atomic E-state index is 11.0. The maximum Gasteiger partial charge on any atom is 0.326 e. The highest BCUT2D eigenvalue weighted by Gasteiger charge is 2.20. The minimum absolute atomic E-state index is 0.459. The molecular formula is C8H6ClNO4. The topological polar surface area (TPSA) is 69.4 Å². The second-order valence-corrected chi connectivity index (χ2v) is 2.84. The van der Waals surface area contributed by atoms with Crippen molar-refractivity contribution in [2.75, 3.05) is 0 Å². The minimum atomic E-state index is -1.18. The molecule has 0 aliphatic heterocycles. The maximum atomic E-state index is 11.0. The quantitative estimate of drug-likeness (QED) is 0.437. The van der Waals surface area contributed by atoms with Crippen molar-refractivity contribution >= 4 is 17.6 Å². The first kappa shape index (κ1) is 10.5. The molecule has 0 aliphatic rings. The number of benzene rings is 1. The summed E-state index contributed by atoms with van der Waals surface area (Å²) >= 11 is 5.62. The van der Waals surface area contributed by atoms with Crippen LogP contribution in [0.2, 0.25) is 0 Å². The second kappa shape index (κ2) is 4.57. The average molecular weight is 216 g/mol. The van der Waals surface area contributed by atoms with Gasteiger partial charge in [0.25, 0.3) is 0 Å². The molecule has 0 aliphatic carbocycles. The summed E-state index contributed by atoms with van der Waals surface area (Å²) < 4.78 is 0. The molecule has 0 heterocycles. The Balaban J connectivity index is 2.71. The minimum Gasteiger partial charge on any atom is -0.266 e. The molecule has 0 amide bonds. The zero-order valence-corrected chi connectivity index (χ0v) is 7.68. The third kappa shape index (κ3) is 2.70. The van der Waals surface area contributed by atoms with Crippen molar-refractivity contribution in [3.63, 3.8) is 0 Å². The van der Waals surface area contributed by atoms with Crippen LogP contribution in [0, 0.1) is 10.1 Å². The van der Waals surface area contributed by atoms with E-state index in [1.165, 1.54) is 0 Å². The lowest BCUT2D eigenvalue weighted by atomic mass is 10.1. The van der Waals surface area contributed by atoms with Crippen LogP contribution >= 0.6 is 11.6 Å². The fraction of sp³-hybridized carbons (Fsp3) is 0.125. The summed E-state index contributed by atoms with van der Waals surface area (Å²) in [6, 6.07) is 8.25. The van der Waals surface area contributed by atoms with Crippen molar-refractivity contribution < 1.29 is 14.7 Å². The Morgan fingerprint density at radius 1 is 1.43 bits per heavy atom. The third-order valence-corrected chi connectivity index (χ3v) is 1.89. The Hall–Kier alpha value is -1.62. The number of hydrogen-bond donors (Lipinski definition) is 0. The van der Waals surface area contributed by atoms with Crippen LogP contribution in [0.1, 0.15) is 10.9 Å². The van der Waals surface area contributed by atoms with Gasteiger partial charge in [0, 0.05) is 0 Å². The fourth-order valence-corrected chi connectivity index (χ4v) is 1.06.